The number of piperazine rings is 1. The van der Waals surface area contributed by atoms with Crippen molar-refractivity contribution in [1.82, 2.24) is 19.7 Å². The zero-order chi connectivity index (χ0) is 30.4. The first-order valence-electron chi connectivity index (χ1n) is 14.0. The number of halogens is 1. The van der Waals surface area contributed by atoms with Crippen LogP contribution in [0.4, 0.5) is 10.5 Å². The third-order valence-electron chi connectivity index (χ3n) is 8.39. The maximum Gasteiger partial charge on any atom is 0.411 e. The fourth-order valence-electron chi connectivity index (χ4n) is 6.13. The Hall–Kier alpha value is -3.23. The predicted octanol–water partition coefficient (Wildman–Crippen LogP) is 3.63. The van der Waals surface area contributed by atoms with E-state index in [0.717, 1.165) is 37.3 Å². The molecule has 0 bridgehead atoms. The molecule has 0 N–H and O–H groups in total. The van der Waals surface area contributed by atoms with Gasteiger partial charge in [-0.3, -0.25) is 9.69 Å². The summed E-state index contributed by atoms with van der Waals surface area (Å²) >= 11 is 7.40. The summed E-state index contributed by atoms with van der Waals surface area (Å²) in [7, 11) is -0.869. The maximum atomic E-state index is 14.6. The van der Waals surface area contributed by atoms with E-state index >= 15 is 0 Å². The molecule has 1 unspecified atom stereocenters. The molecule has 1 aromatic carbocycles. The molecular weight excluding hydrogens is 614 g/mol. The van der Waals surface area contributed by atoms with Gasteiger partial charge in [0.25, 0.3) is 21.5 Å². The molecule has 11 nitrogen and oxygen atoms in total. The molecule has 3 aliphatic rings. The monoisotopic (exact) mass is 645 g/mol. The number of aromatic nitrogens is 1. The predicted molar refractivity (Wildman–Crippen MR) is 162 cm³/mol. The van der Waals surface area contributed by atoms with Gasteiger partial charge in [-0.05, 0) is 74.8 Å². The summed E-state index contributed by atoms with van der Waals surface area (Å²) < 4.78 is 40.2. The second-order valence-electron chi connectivity index (χ2n) is 10.8. The average Bonchev–Trinajstić information content (AvgIpc) is 3.64. The zero-order valence-electron chi connectivity index (χ0n) is 23.8. The number of fused-ring (bicyclic) bond motifs is 1. The van der Waals surface area contributed by atoms with E-state index in [4.69, 9.17) is 21.1 Å². The number of carbonyl (C=O) groups excluding carboxylic acids is 2. The van der Waals surface area contributed by atoms with Crippen molar-refractivity contribution in [2.75, 3.05) is 57.7 Å². The van der Waals surface area contributed by atoms with Gasteiger partial charge in [-0.2, -0.15) is 12.7 Å². The van der Waals surface area contributed by atoms with Crippen LogP contribution in [0.3, 0.4) is 0 Å². The third kappa shape index (κ3) is 5.16. The van der Waals surface area contributed by atoms with Crippen LogP contribution in [-0.4, -0.2) is 99.6 Å². The van der Waals surface area contributed by atoms with Crippen LogP contribution in [0.5, 0.6) is 5.88 Å². The first kappa shape index (κ1) is 29.8. The molecule has 2 aromatic heterocycles. The van der Waals surface area contributed by atoms with Crippen LogP contribution in [0.25, 0.3) is 0 Å². The van der Waals surface area contributed by atoms with E-state index in [1.54, 1.807) is 28.5 Å². The first-order valence-corrected chi connectivity index (χ1v) is 16.7. The smallest absolute Gasteiger partial charge is 0.411 e. The largest absolute Gasteiger partial charge is 0.481 e. The van der Waals surface area contributed by atoms with E-state index in [2.05, 4.69) is 21.8 Å². The summed E-state index contributed by atoms with van der Waals surface area (Å²) in [6, 6.07) is 11.0. The average molecular weight is 646 g/mol. The number of benzene rings is 1. The number of hydrogen-bond acceptors (Lipinski definition) is 10. The lowest BCUT2D eigenvalue weighted by Gasteiger charge is -2.42. The molecule has 3 aromatic rings. The van der Waals surface area contributed by atoms with Gasteiger partial charge in [-0.1, -0.05) is 17.7 Å². The molecule has 3 aliphatic heterocycles. The number of methoxy groups -OCH3 is 1. The zero-order valence-corrected chi connectivity index (χ0v) is 26.2. The number of likely N-dealkylation sites (tertiary alicyclic amines) is 1. The normalized spacial score (nSPS) is 22.1. The van der Waals surface area contributed by atoms with Crippen LogP contribution >= 0.6 is 22.9 Å². The van der Waals surface area contributed by atoms with Crippen molar-refractivity contribution in [1.29, 1.82) is 0 Å². The van der Waals surface area contributed by atoms with Crippen LogP contribution in [0.15, 0.2) is 58.3 Å². The number of pyridine rings is 1. The number of piperidine rings is 1. The molecule has 6 rings (SSSR count). The van der Waals surface area contributed by atoms with Crippen LogP contribution in [0.1, 0.15) is 24.0 Å². The summed E-state index contributed by atoms with van der Waals surface area (Å²) in [5, 5.41) is 1.84. The summed E-state index contributed by atoms with van der Waals surface area (Å²) in [5.41, 5.74) is -2.00. The van der Waals surface area contributed by atoms with Crippen LogP contribution < -0.4 is 9.04 Å². The Morgan fingerprint density at radius 3 is 2.47 bits per heavy atom. The minimum Gasteiger partial charge on any atom is -0.481 e. The molecule has 1 atom stereocenters. The molecular formula is C29H32ClN5O6S2. The van der Waals surface area contributed by atoms with Gasteiger partial charge < -0.3 is 19.3 Å². The number of sulfonamides is 1. The Kier molecular flexibility index (Phi) is 8.11. The summed E-state index contributed by atoms with van der Waals surface area (Å²) in [4.78, 5) is 39.1. The van der Waals surface area contributed by atoms with Gasteiger partial charge in [0, 0.05) is 49.0 Å². The number of hydrogen-bond donors (Lipinski definition) is 0. The van der Waals surface area contributed by atoms with E-state index in [1.807, 2.05) is 0 Å². The molecule has 5 heterocycles. The topological polar surface area (TPSA) is 113 Å². The van der Waals surface area contributed by atoms with Crippen molar-refractivity contribution >= 4 is 50.6 Å². The van der Waals surface area contributed by atoms with E-state index in [9.17, 15) is 18.0 Å². The number of amides is 2. The number of nitrogens with zero attached hydrogens (tertiary/aromatic N) is 5. The summed E-state index contributed by atoms with van der Waals surface area (Å²) in [5.74, 6) is -0.972. The second kappa shape index (κ2) is 11.7. The van der Waals surface area contributed by atoms with Crippen molar-refractivity contribution in [2.45, 2.75) is 28.7 Å². The number of carbonyl (C=O) groups is 2. The molecule has 43 heavy (non-hydrogen) atoms. The van der Waals surface area contributed by atoms with Gasteiger partial charge in [0.1, 0.15) is 4.21 Å². The molecule has 228 valence electrons. The van der Waals surface area contributed by atoms with Crippen molar-refractivity contribution in [3.05, 3.63) is 70.2 Å². The minimum atomic E-state index is -4.37. The highest BCUT2D eigenvalue weighted by atomic mass is 35.5. The minimum absolute atomic E-state index is 0.0111. The van der Waals surface area contributed by atoms with Gasteiger partial charge in [0.05, 0.1) is 18.4 Å². The lowest BCUT2D eigenvalue weighted by Crippen LogP contribution is -2.55. The first-order chi connectivity index (χ1) is 20.7. The second-order valence-corrected chi connectivity index (χ2v) is 14.2. The summed E-state index contributed by atoms with van der Waals surface area (Å²) in [6.45, 7) is 4.22. The molecule has 14 heteroatoms. The van der Waals surface area contributed by atoms with Gasteiger partial charge in [0.2, 0.25) is 5.88 Å². The van der Waals surface area contributed by atoms with Gasteiger partial charge in [-0.15, -0.1) is 11.3 Å². The van der Waals surface area contributed by atoms with E-state index in [-0.39, 0.29) is 31.9 Å². The van der Waals surface area contributed by atoms with E-state index < -0.39 is 27.6 Å². The van der Waals surface area contributed by atoms with Crippen LogP contribution in [-0.2, 0) is 25.2 Å². The maximum absolute atomic E-state index is 14.6. The molecule has 0 saturated carbocycles. The number of rotatable bonds is 6. The Labute approximate surface area is 259 Å². The highest BCUT2D eigenvalue weighted by Crippen LogP contribution is 2.52. The molecule has 0 aliphatic carbocycles. The quantitative estimate of drug-likeness (QED) is 0.397. The van der Waals surface area contributed by atoms with E-state index in [1.165, 1.54) is 37.6 Å². The van der Waals surface area contributed by atoms with Crippen LogP contribution in [0, 0.1) is 0 Å². The Bertz CT molecular complexity index is 1620. The van der Waals surface area contributed by atoms with Crippen LogP contribution in [0.2, 0.25) is 5.02 Å². The summed E-state index contributed by atoms with van der Waals surface area (Å²) in [6.07, 6.45) is 2.87. The molecule has 0 radical (unpaired) electrons. The highest BCUT2D eigenvalue weighted by Gasteiger charge is 2.61. The van der Waals surface area contributed by atoms with Gasteiger partial charge in [-0.25, -0.2) is 9.78 Å². The van der Waals surface area contributed by atoms with Crippen molar-refractivity contribution < 1.29 is 27.5 Å². The van der Waals surface area contributed by atoms with Crippen molar-refractivity contribution in [2.24, 2.45) is 0 Å². The molecule has 2 amide bonds. The standard InChI is InChI=1S/C29H32ClN5O6S2/c1-32-12-9-21(10-13-32)33-14-16-34(17-15-33)28(37)41-29(22-5-3-11-31-26(22)40-2)23-19-20(30)7-8-24(23)35(27(29)36)43(38,39)25-6-4-18-42-25/h3-8,11,18-19,21H,9-10,12-17H2,1-2H3. The number of ether oxygens (including phenoxy) is 2. The van der Waals surface area contributed by atoms with Crippen molar-refractivity contribution in [3.8, 4) is 5.88 Å². The van der Waals surface area contributed by atoms with Gasteiger partial charge >= 0.3 is 6.09 Å². The third-order valence-corrected chi connectivity index (χ3v) is 11.7. The lowest BCUT2D eigenvalue weighted by molar-refractivity contribution is -0.132. The van der Waals surface area contributed by atoms with Gasteiger partial charge in [0.15, 0.2) is 0 Å². The number of anilines is 1. The fraction of sp³-hybridized carbons (Fsp3) is 0.414. The molecule has 0 spiro atoms. The number of thiophene rings is 1. The lowest BCUT2D eigenvalue weighted by atomic mass is 9.87. The highest BCUT2D eigenvalue weighted by molar-refractivity contribution is 7.95. The Morgan fingerprint density at radius 1 is 1.05 bits per heavy atom. The van der Waals surface area contributed by atoms with E-state index in [0.29, 0.717) is 36.5 Å². The molecule has 2 fully saturated rings. The Morgan fingerprint density at radius 2 is 1.79 bits per heavy atom. The SMILES string of the molecule is COc1ncccc1C1(OC(=O)N2CCN(C3CCN(C)CC3)CC2)C(=O)N(S(=O)(=O)c2cccs2)c2ccc(Cl)cc21. The molecule has 2 saturated heterocycles. The fourth-order valence-corrected chi connectivity index (χ4v) is 8.83. The Balaban J connectivity index is 1.39. The van der Waals surface area contributed by atoms with Crippen molar-refractivity contribution in [3.63, 3.8) is 0 Å².